The van der Waals surface area contributed by atoms with Crippen molar-refractivity contribution in [2.24, 2.45) is 0 Å². The van der Waals surface area contributed by atoms with E-state index in [-0.39, 0.29) is 40.7 Å². The second-order valence-corrected chi connectivity index (χ2v) is 8.30. The van der Waals surface area contributed by atoms with Crippen molar-refractivity contribution in [1.82, 2.24) is 0 Å². The molecular weight excluding hydrogens is 490 g/mol. The van der Waals surface area contributed by atoms with Crippen LogP contribution >= 0.6 is 0 Å². The van der Waals surface area contributed by atoms with Gasteiger partial charge in [-0.25, -0.2) is 0 Å². The number of aromatic hydroxyl groups is 1. The van der Waals surface area contributed by atoms with E-state index in [1.165, 1.54) is 25.2 Å². The lowest BCUT2D eigenvalue weighted by atomic mass is 9.94. The van der Waals surface area contributed by atoms with E-state index in [9.17, 15) is 19.8 Å². The summed E-state index contributed by atoms with van der Waals surface area (Å²) in [6.45, 7) is 4.30. The summed E-state index contributed by atoms with van der Waals surface area (Å²) in [6.07, 6.45) is 0. The van der Waals surface area contributed by atoms with E-state index < -0.39 is 23.5 Å². The topological polar surface area (TPSA) is 115 Å². The third-order valence-corrected chi connectivity index (χ3v) is 6.12. The summed E-state index contributed by atoms with van der Waals surface area (Å²) in [7, 11) is 2.85. The van der Waals surface area contributed by atoms with E-state index in [0.29, 0.717) is 23.6 Å². The molecule has 4 rings (SSSR count). The van der Waals surface area contributed by atoms with Crippen LogP contribution in [0.1, 0.15) is 31.0 Å². The molecular formula is C29H29NO8. The minimum absolute atomic E-state index is 0.0997. The first kappa shape index (κ1) is 26.4. The molecule has 3 aromatic carbocycles. The van der Waals surface area contributed by atoms with Gasteiger partial charge in [0.15, 0.2) is 11.5 Å². The van der Waals surface area contributed by atoms with Crippen molar-refractivity contribution in [3.05, 3.63) is 77.4 Å². The average Bonchev–Trinajstić information content (AvgIpc) is 3.19. The standard InChI is InChI=1S/C29H29NO8/c1-5-37-19-10-7-9-18(16-19)30-26(17-13-14-20(31)23(15-17)38-6-2)25(28(33)29(30)34)27(32)24-21(35-3)11-8-12-22(24)36-4/h7-16,26,31-32H,5-6H2,1-4H3/b27-25+. The zero-order valence-corrected chi connectivity index (χ0v) is 21.6. The molecule has 1 heterocycles. The molecule has 1 aliphatic heterocycles. The Hall–Kier alpha value is -4.66. The predicted octanol–water partition coefficient (Wildman–Crippen LogP) is 4.83. The van der Waals surface area contributed by atoms with E-state index in [2.05, 4.69) is 0 Å². The molecule has 1 fully saturated rings. The van der Waals surface area contributed by atoms with Crippen molar-refractivity contribution in [3.63, 3.8) is 0 Å². The van der Waals surface area contributed by atoms with Gasteiger partial charge < -0.3 is 29.2 Å². The monoisotopic (exact) mass is 519 g/mol. The highest BCUT2D eigenvalue weighted by Crippen LogP contribution is 2.46. The maximum absolute atomic E-state index is 13.6. The van der Waals surface area contributed by atoms with E-state index in [1.54, 1.807) is 61.5 Å². The van der Waals surface area contributed by atoms with Crippen LogP contribution in [0, 0.1) is 0 Å². The molecule has 9 heteroatoms. The molecule has 0 spiro atoms. The summed E-state index contributed by atoms with van der Waals surface area (Å²) in [4.78, 5) is 28.4. The predicted molar refractivity (Wildman–Crippen MR) is 141 cm³/mol. The molecule has 2 N–H and O–H groups in total. The van der Waals surface area contributed by atoms with E-state index >= 15 is 0 Å². The van der Waals surface area contributed by atoms with E-state index in [4.69, 9.17) is 18.9 Å². The minimum Gasteiger partial charge on any atom is -0.506 e. The number of carbonyl (C=O) groups is 2. The highest BCUT2D eigenvalue weighted by atomic mass is 16.5. The van der Waals surface area contributed by atoms with Crippen LogP contribution in [0.2, 0.25) is 0 Å². The Morgan fingerprint density at radius 2 is 1.53 bits per heavy atom. The quantitative estimate of drug-likeness (QED) is 0.235. The summed E-state index contributed by atoms with van der Waals surface area (Å²) >= 11 is 0. The first-order chi connectivity index (χ1) is 18.4. The van der Waals surface area contributed by atoms with Crippen molar-refractivity contribution >= 4 is 23.1 Å². The Balaban J connectivity index is 2.01. The molecule has 38 heavy (non-hydrogen) atoms. The van der Waals surface area contributed by atoms with Crippen LogP contribution in [0.25, 0.3) is 5.76 Å². The van der Waals surface area contributed by atoms with Crippen molar-refractivity contribution in [2.45, 2.75) is 19.9 Å². The van der Waals surface area contributed by atoms with Gasteiger partial charge in [0.2, 0.25) is 0 Å². The number of hydrogen-bond acceptors (Lipinski definition) is 8. The van der Waals surface area contributed by atoms with Crippen LogP contribution in [0.5, 0.6) is 28.7 Å². The second-order valence-electron chi connectivity index (χ2n) is 8.30. The lowest BCUT2D eigenvalue weighted by Gasteiger charge is -2.26. The molecule has 0 saturated carbocycles. The van der Waals surface area contributed by atoms with Gasteiger partial charge in [-0.05, 0) is 55.8 Å². The number of aliphatic hydroxyl groups excluding tert-OH is 1. The number of methoxy groups -OCH3 is 2. The van der Waals surface area contributed by atoms with Crippen molar-refractivity contribution in [3.8, 4) is 28.7 Å². The summed E-state index contributed by atoms with van der Waals surface area (Å²) < 4.78 is 22.0. The molecule has 1 aliphatic rings. The lowest BCUT2D eigenvalue weighted by molar-refractivity contribution is -0.132. The highest BCUT2D eigenvalue weighted by molar-refractivity contribution is 6.51. The second kappa shape index (κ2) is 11.2. The summed E-state index contributed by atoms with van der Waals surface area (Å²) in [5.74, 6) is -1.10. The molecule has 3 aromatic rings. The van der Waals surface area contributed by atoms with Gasteiger partial charge in [0.25, 0.3) is 11.7 Å². The summed E-state index contributed by atoms with van der Waals surface area (Å²) in [5, 5.41) is 21.9. The van der Waals surface area contributed by atoms with Crippen LogP contribution in [0.3, 0.4) is 0 Å². The van der Waals surface area contributed by atoms with Gasteiger partial charge in [-0.1, -0.05) is 18.2 Å². The number of phenolic OH excluding ortho intramolecular Hbond substituents is 1. The molecule has 1 saturated heterocycles. The van der Waals surface area contributed by atoms with Crippen LogP contribution in [0.15, 0.2) is 66.2 Å². The first-order valence-corrected chi connectivity index (χ1v) is 12.1. The molecule has 0 bridgehead atoms. The number of amides is 1. The summed E-state index contributed by atoms with van der Waals surface area (Å²) in [6, 6.07) is 15.1. The first-order valence-electron chi connectivity index (χ1n) is 12.1. The van der Waals surface area contributed by atoms with E-state index in [1.807, 2.05) is 6.92 Å². The van der Waals surface area contributed by atoms with Crippen molar-refractivity contribution in [1.29, 1.82) is 0 Å². The third kappa shape index (κ3) is 4.70. The number of carbonyl (C=O) groups excluding carboxylic acids is 2. The smallest absolute Gasteiger partial charge is 0.300 e. The number of Topliss-reactive ketones (excluding diaryl/α,β-unsaturated/α-hetero) is 1. The largest absolute Gasteiger partial charge is 0.506 e. The fourth-order valence-electron chi connectivity index (χ4n) is 4.50. The Labute approximate surface area is 220 Å². The van der Waals surface area contributed by atoms with Gasteiger partial charge in [-0.15, -0.1) is 0 Å². The van der Waals surface area contributed by atoms with Crippen molar-refractivity contribution < 1.29 is 38.7 Å². The number of anilines is 1. The number of benzene rings is 3. The van der Waals surface area contributed by atoms with Crippen LogP contribution in [-0.2, 0) is 9.59 Å². The van der Waals surface area contributed by atoms with E-state index in [0.717, 1.165) is 0 Å². The zero-order valence-electron chi connectivity index (χ0n) is 21.6. The van der Waals surface area contributed by atoms with Crippen LogP contribution < -0.4 is 23.8 Å². The van der Waals surface area contributed by atoms with Crippen molar-refractivity contribution in [2.75, 3.05) is 32.3 Å². The molecule has 0 aliphatic carbocycles. The van der Waals surface area contributed by atoms with Gasteiger partial charge in [-0.3, -0.25) is 14.5 Å². The molecule has 9 nitrogen and oxygen atoms in total. The molecule has 1 amide bonds. The highest BCUT2D eigenvalue weighted by Gasteiger charge is 2.48. The summed E-state index contributed by atoms with van der Waals surface area (Å²) in [5.41, 5.74) is 0.780. The number of nitrogens with zero attached hydrogens (tertiary/aromatic N) is 1. The number of rotatable bonds is 9. The molecule has 1 atom stereocenters. The Morgan fingerprint density at radius 1 is 0.868 bits per heavy atom. The third-order valence-electron chi connectivity index (χ3n) is 6.12. The molecule has 0 radical (unpaired) electrons. The fourth-order valence-corrected chi connectivity index (χ4v) is 4.50. The Kier molecular flexibility index (Phi) is 7.76. The maximum atomic E-state index is 13.6. The maximum Gasteiger partial charge on any atom is 0.300 e. The number of hydrogen-bond donors (Lipinski definition) is 2. The van der Waals surface area contributed by atoms with Gasteiger partial charge in [0, 0.05) is 11.8 Å². The Bertz CT molecular complexity index is 1370. The fraction of sp³-hybridized carbons (Fsp3) is 0.241. The SMILES string of the molecule is CCOc1cccc(N2C(=O)C(=O)/C(=C(/O)c3c(OC)cccc3OC)C2c2ccc(O)c(OCC)c2)c1. The number of ether oxygens (including phenoxy) is 4. The van der Waals surface area contributed by atoms with Gasteiger partial charge in [0.1, 0.15) is 28.6 Å². The molecule has 0 aromatic heterocycles. The van der Waals surface area contributed by atoms with Gasteiger partial charge in [0.05, 0.1) is 39.0 Å². The van der Waals surface area contributed by atoms with Crippen LogP contribution in [0.4, 0.5) is 5.69 Å². The van der Waals surface area contributed by atoms with Gasteiger partial charge in [-0.2, -0.15) is 0 Å². The number of aliphatic hydroxyl groups is 1. The zero-order chi connectivity index (χ0) is 27.4. The Morgan fingerprint density at radius 3 is 2.16 bits per heavy atom. The minimum atomic E-state index is -1.07. The van der Waals surface area contributed by atoms with Gasteiger partial charge >= 0.3 is 0 Å². The number of ketones is 1. The molecule has 1 unspecified atom stereocenters. The molecule has 198 valence electrons. The lowest BCUT2D eigenvalue weighted by Crippen LogP contribution is -2.29. The average molecular weight is 520 g/mol. The number of phenols is 1. The normalized spacial score (nSPS) is 16.4. The van der Waals surface area contributed by atoms with Crippen LogP contribution in [-0.4, -0.2) is 49.3 Å².